The Labute approximate surface area is 180 Å². The van der Waals surface area contributed by atoms with Crippen LogP contribution in [-0.2, 0) is 4.79 Å². The molecule has 120 valence electrons. The average Bonchev–Trinajstić information content (AvgIpc) is 2.49. The third-order valence-electron chi connectivity index (χ3n) is 3.52. The number of piperidine rings is 1. The van der Waals surface area contributed by atoms with Crippen LogP contribution in [0.3, 0.4) is 0 Å². The molecule has 0 bridgehead atoms. The molecule has 1 aliphatic heterocycles. The van der Waals surface area contributed by atoms with Gasteiger partial charge in [0.2, 0.25) is 0 Å². The van der Waals surface area contributed by atoms with E-state index in [9.17, 15) is 19.1 Å². The van der Waals surface area contributed by atoms with Crippen molar-refractivity contribution in [3.8, 4) is 5.75 Å². The summed E-state index contributed by atoms with van der Waals surface area (Å²) in [5.41, 5.74) is -0.131. The molecule has 1 aliphatic rings. The van der Waals surface area contributed by atoms with Crippen molar-refractivity contribution in [2.24, 2.45) is 0 Å². The summed E-state index contributed by atoms with van der Waals surface area (Å²) >= 11 is 5.78. The van der Waals surface area contributed by atoms with Crippen LogP contribution >= 0.6 is 11.6 Å². The van der Waals surface area contributed by atoms with Gasteiger partial charge in [-0.3, -0.25) is 0 Å². The molecule has 9 heteroatoms. The topological polar surface area (TPSA) is 81.7 Å². The van der Waals surface area contributed by atoms with Gasteiger partial charge in [0.15, 0.2) is 0 Å². The number of amides is 2. The Bertz CT molecular complexity index is 602. The SMILES string of the molecule is COc1cc(NC(=O)N2CCCCC2C(=O)[O-])c(F)cc1Cl.[K+]. The van der Waals surface area contributed by atoms with Crippen LogP contribution in [-0.4, -0.2) is 36.6 Å². The van der Waals surface area contributed by atoms with E-state index in [1.165, 1.54) is 13.2 Å². The van der Waals surface area contributed by atoms with Crippen molar-refractivity contribution in [2.45, 2.75) is 25.3 Å². The number of carboxylic acids is 1. The number of nitrogens with one attached hydrogen (secondary N) is 1. The predicted octanol–water partition coefficient (Wildman–Crippen LogP) is -1.37. The van der Waals surface area contributed by atoms with Gasteiger partial charge in [0.05, 0.1) is 29.8 Å². The molecule has 1 saturated heterocycles. The Hall–Kier alpha value is -0.384. The molecule has 0 spiro atoms. The van der Waals surface area contributed by atoms with Crippen LogP contribution in [0.1, 0.15) is 19.3 Å². The van der Waals surface area contributed by atoms with Gasteiger partial charge in [-0.15, -0.1) is 0 Å². The maximum Gasteiger partial charge on any atom is 1.00 e. The standard InChI is InChI=1S/C14H16ClFN2O4.K/c1-22-12-7-10(9(16)6-8(12)15)17-14(21)18-5-3-2-4-11(18)13(19)20;/h6-7,11H,2-5H2,1H3,(H,17,21)(H,19,20);/q;+1/p-1. The number of hydrogen-bond donors (Lipinski definition) is 1. The first-order valence-corrected chi connectivity index (χ1v) is 7.13. The fourth-order valence-electron chi connectivity index (χ4n) is 2.39. The van der Waals surface area contributed by atoms with Gasteiger partial charge in [0.25, 0.3) is 0 Å². The first-order valence-electron chi connectivity index (χ1n) is 6.75. The normalized spacial score (nSPS) is 17.2. The molecule has 2 rings (SSSR count). The number of nitrogens with zero attached hydrogens (tertiary/aromatic N) is 1. The van der Waals surface area contributed by atoms with Crippen LogP contribution in [0.25, 0.3) is 0 Å². The summed E-state index contributed by atoms with van der Waals surface area (Å²) in [5.74, 6) is -1.85. The zero-order valence-corrected chi connectivity index (χ0v) is 16.8. The summed E-state index contributed by atoms with van der Waals surface area (Å²) in [7, 11) is 1.36. The molecule has 0 aliphatic carbocycles. The van der Waals surface area contributed by atoms with Crippen molar-refractivity contribution in [1.29, 1.82) is 0 Å². The fourth-order valence-corrected chi connectivity index (χ4v) is 2.62. The van der Waals surface area contributed by atoms with Crippen molar-refractivity contribution in [2.75, 3.05) is 19.0 Å². The maximum atomic E-state index is 13.8. The number of rotatable bonds is 3. The van der Waals surface area contributed by atoms with Gasteiger partial charge >= 0.3 is 57.4 Å². The number of ether oxygens (including phenoxy) is 1. The monoisotopic (exact) mass is 368 g/mol. The molecular formula is C14H15ClFKN2O4. The van der Waals surface area contributed by atoms with Crippen LogP contribution < -0.4 is 66.5 Å². The van der Waals surface area contributed by atoms with Crippen LogP contribution in [0.15, 0.2) is 12.1 Å². The molecule has 1 N–H and O–H groups in total. The molecular weight excluding hydrogens is 354 g/mol. The Balaban J connectivity index is 0.00000264. The van der Waals surface area contributed by atoms with E-state index in [-0.39, 0.29) is 74.4 Å². The summed E-state index contributed by atoms with van der Waals surface area (Å²) in [5, 5.41) is 13.5. The molecule has 0 radical (unpaired) electrons. The van der Waals surface area contributed by atoms with Gasteiger partial charge in [-0.25, -0.2) is 9.18 Å². The second kappa shape index (κ2) is 9.19. The molecule has 0 saturated carbocycles. The third-order valence-corrected chi connectivity index (χ3v) is 3.81. The summed E-state index contributed by atoms with van der Waals surface area (Å²) in [6.45, 7) is 0.275. The van der Waals surface area contributed by atoms with Gasteiger partial charge in [0.1, 0.15) is 11.6 Å². The molecule has 1 atom stereocenters. The molecule has 1 heterocycles. The van der Waals surface area contributed by atoms with Crippen LogP contribution in [0, 0.1) is 5.82 Å². The molecule has 1 unspecified atom stereocenters. The number of aliphatic carboxylic acids is 1. The number of hydrogen-bond acceptors (Lipinski definition) is 4. The van der Waals surface area contributed by atoms with Gasteiger partial charge in [-0.1, -0.05) is 11.6 Å². The van der Waals surface area contributed by atoms with Gasteiger partial charge in [-0.05, 0) is 25.3 Å². The minimum absolute atomic E-state index is 0. The second-order valence-electron chi connectivity index (χ2n) is 4.92. The van der Waals surface area contributed by atoms with E-state index in [0.717, 1.165) is 11.0 Å². The molecule has 6 nitrogen and oxygen atoms in total. The van der Waals surface area contributed by atoms with Crippen LogP contribution in [0.4, 0.5) is 14.9 Å². The Morgan fingerprint density at radius 2 is 2.13 bits per heavy atom. The van der Waals surface area contributed by atoms with Crippen LogP contribution in [0.5, 0.6) is 5.75 Å². The number of methoxy groups -OCH3 is 1. The van der Waals surface area contributed by atoms with E-state index < -0.39 is 23.9 Å². The smallest absolute Gasteiger partial charge is 0.548 e. The van der Waals surface area contributed by atoms with E-state index in [4.69, 9.17) is 16.3 Å². The Kier molecular flexibility index (Phi) is 8.26. The average molecular weight is 369 g/mol. The van der Waals surface area contributed by atoms with Crippen molar-refractivity contribution < 1.29 is 75.2 Å². The number of likely N-dealkylation sites (tertiary alicyclic amines) is 1. The Morgan fingerprint density at radius 1 is 1.43 bits per heavy atom. The number of carbonyl (C=O) groups excluding carboxylic acids is 2. The zero-order valence-electron chi connectivity index (χ0n) is 12.9. The molecule has 0 aromatic heterocycles. The fraction of sp³-hybridized carbons (Fsp3) is 0.429. The number of halogens is 2. The van der Waals surface area contributed by atoms with Crippen molar-refractivity contribution >= 4 is 29.3 Å². The van der Waals surface area contributed by atoms with E-state index in [2.05, 4.69) is 5.32 Å². The molecule has 1 aromatic rings. The van der Waals surface area contributed by atoms with Crippen molar-refractivity contribution in [3.05, 3.63) is 23.0 Å². The van der Waals surface area contributed by atoms with Gasteiger partial charge in [0, 0.05) is 12.6 Å². The summed E-state index contributed by atoms with van der Waals surface area (Å²) in [4.78, 5) is 24.4. The van der Waals surface area contributed by atoms with Crippen molar-refractivity contribution in [3.63, 3.8) is 0 Å². The number of urea groups is 1. The summed E-state index contributed by atoms with van der Waals surface area (Å²) in [6, 6.07) is 0.555. The van der Waals surface area contributed by atoms with Crippen molar-refractivity contribution in [1.82, 2.24) is 4.90 Å². The molecule has 2 amide bonds. The number of carboxylic acid groups (broad SMARTS) is 1. The van der Waals surface area contributed by atoms with Crippen LogP contribution in [0.2, 0.25) is 5.02 Å². The first-order chi connectivity index (χ1) is 10.4. The maximum absolute atomic E-state index is 13.8. The number of anilines is 1. The minimum atomic E-state index is -1.32. The van der Waals surface area contributed by atoms with E-state index in [1.54, 1.807) is 0 Å². The van der Waals surface area contributed by atoms with E-state index in [1.807, 2.05) is 0 Å². The molecule has 1 fully saturated rings. The zero-order chi connectivity index (χ0) is 16.3. The summed E-state index contributed by atoms with van der Waals surface area (Å²) < 4.78 is 18.8. The van der Waals surface area contributed by atoms with Gasteiger partial charge < -0.3 is 24.9 Å². The second-order valence-corrected chi connectivity index (χ2v) is 5.33. The molecule has 1 aromatic carbocycles. The quantitative estimate of drug-likeness (QED) is 0.667. The minimum Gasteiger partial charge on any atom is -0.548 e. The largest absolute Gasteiger partial charge is 1.00 e. The van der Waals surface area contributed by atoms with Gasteiger partial charge in [-0.2, -0.15) is 0 Å². The molecule has 23 heavy (non-hydrogen) atoms. The van der Waals surface area contributed by atoms with E-state index in [0.29, 0.717) is 19.3 Å². The first kappa shape index (κ1) is 20.7. The summed E-state index contributed by atoms with van der Waals surface area (Å²) in [6.07, 6.45) is 1.71. The number of benzene rings is 1. The third kappa shape index (κ3) is 5.04. The predicted molar refractivity (Wildman–Crippen MR) is 76.3 cm³/mol. The Morgan fingerprint density at radius 3 is 2.74 bits per heavy atom. The van der Waals surface area contributed by atoms with E-state index >= 15 is 0 Å². The number of carbonyl (C=O) groups is 2.